The molecule has 1 aromatic rings. The summed E-state index contributed by atoms with van der Waals surface area (Å²) in [6.07, 6.45) is 3.67. The van der Waals surface area contributed by atoms with Crippen LogP contribution in [0.3, 0.4) is 0 Å². The molecule has 15 heavy (non-hydrogen) atoms. The summed E-state index contributed by atoms with van der Waals surface area (Å²) in [6.45, 7) is -0.0940. The molecule has 2 heterocycles. The van der Waals surface area contributed by atoms with E-state index >= 15 is 0 Å². The molecule has 5 nitrogen and oxygen atoms in total. The lowest BCUT2D eigenvalue weighted by Gasteiger charge is -2.05. The highest BCUT2D eigenvalue weighted by atomic mass is 32.2. The fraction of sp³-hybridized carbons (Fsp3) is 0.556. The standard InChI is InChI=1S/C9H12N2O3S/c12-5-7-3-10-9(11-4-7)8-1-2-15(13,14)6-8/h3-4,8,12H,1-2,5-6H2. The van der Waals surface area contributed by atoms with Gasteiger partial charge in [-0.2, -0.15) is 0 Å². The summed E-state index contributed by atoms with van der Waals surface area (Å²) in [4.78, 5) is 8.12. The van der Waals surface area contributed by atoms with Crippen LogP contribution in [0.5, 0.6) is 0 Å². The second-order valence-electron chi connectivity index (χ2n) is 3.71. The van der Waals surface area contributed by atoms with Crippen LogP contribution in [0.4, 0.5) is 0 Å². The molecule has 0 aliphatic carbocycles. The van der Waals surface area contributed by atoms with Crippen molar-refractivity contribution < 1.29 is 13.5 Å². The predicted molar refractivity (Wildman–Crippen MR) is 54.0 cm³/mol. The van der Waals surface area contributed by atoms with Crippen LogP contribution in [-0.4, -0.2) is 35.0 Å². The minimum atomic E-state index is -2.89. The van der Waals surface area contributed by atoms with E-state index in [4.69, 9.17) is 5.11 Å². The molecule has 82 valence electrons. The maximum absolute atomic E-state index is 11.2. The van der Waals surface area contributed by atoms with Crippen molar-refractivity contribution in [3.8, 4) is 0 Å². The van der Waals surface area contributed by atoms with Crippen molar-refractivity contribution in [2.75, 3.05) is 11.5 Å². The SMILES string of the molecule is O=S1(=O)CCC(c2ncc(CO)cn2)C1. The number of sulfone groups is 1. The van der Waals surface area contributed by atoms with Crippen LogP contribution in [0.25, 0.3) is 0 Å². The highest BCUT2D eigenvalue weighted by molar-refractivity contribution is 7.91. The monoisotopic (exact) mass is 228 g/mol. The molecule has 1 saturated heterocycles. The Morgan fingerprint density at radius 3 is 2.53 bits per heavy atom. The minimum Gasteiger partial charge on any atom is -0.392 e. The van der Waals surface area contributed by atoms with E-state index in [2.05, 4.69) is 9.97 Å². The highest BCUT2D eigenvalue weighted by Gasteiger charge is 2.30. The number of hydrogen-bond acceptors (Lipinski definition) is 5. The van der Waals surface area contributed by atoms with Crippen LogP contribution in [0.15, 0.2) is 12.4 Å². The Labute approximate surface area is 88.1 Å². The van der Waals surface area contributed by atoms with Crippen LogP contribution in [0.2, 0.25) is 0 Å². The largest absolute Gasteiger partial charge is 0.392 e. The van der Waals surface area contributed by atoms with Crippen molar-refractivity contribution >= 4 is 9.84 Å². The Bertz CT molecular complexity index is 441. The lowest BCUT2D eigenvalue weighted by Crippen LogP contribution is -2.07. The van der Waals surface area contributed by atoms with Gasteiger partial charge in [-0.15, -0.1) is 0 Å². The summed E-state index contributed by atoms with van der Waals surface area (Å²) in [7, 11) is -2.89. The van der Waals surface area contributed by atoms with Gasteiger partial charge in [-0.05, 0) is 6.42 Å². The third kappa shape index (κ3) is 2.32. The summed E-state index contributed by atoms with van der Waals surface area (Å²) in [5.41, 5.74) is 0.639. The van der Waals surface area contributed by atoms with E-state index in [-0.39, 0.29) is 24.0 Å². The fourth-order valence-corrected chi connectivity index (χ4v) is 3.39. The highest BCUT2D eigenvalue weighted by Crippen LogP contribution is 2.25. The molecule has 6 heteroatoms. The molecule has 0 aromatic carbocycles. The van der Waals surface area contributed by atoms with E-state index in [1.807, 2.05) is 0 Å². The van der Waals surface area contributed by atoms with E-state index in [9.17, 15) is 8.42 Å². The van der Waals surface area contributed by atoms with Gasteiger partial charge < -0.3 is 5.11 Å². The van der Waals surface area contributed by atoms with Crippen LogP contribution in [0.1, 0.15) is 23.7 Å². The lowest BCUT2D eigenvalue weighted by molar-refractivity contribution is 0.280. The van der Waals surface area contributed by atoms with E-state index in [0.29, 0.717) is 17.8 Å². The molecule has 2 rings (SSSR count). The molecule has 1 atom stereocenters. The summed E-state index contributed by atoms with van der Waals surface area (Å²) < 4.78 is 22.5. The summed E-state index contributed by atoms with van der Waals surface area (Å²) in [5.74, 6) is 0.852. The van der Waals surface area contributed by atoms with Crippen molar-refractivity contribution in [1.82, 2.24) is 9.97 Å². The number of aliphatic hydroxyl groups is 1. The summed E-state index contributed by atoms with van der Waals surface area (Å²) >= 11 is 0. The van der Waals surface area contributed by atoms with Gasteiger partial charge in [0.1, 0.15) is 5.82 Å². The van der Waals surface area contributed by atoms with Gasteiger partial charge in [-0.25, -0.2) is 18.4 Å². The Morgan fingerprint density at radius 2 is 2.07 bits per heavy atom. The minimum absolute atomic E-state index is 0.0808. The molecule has 1 aliphatic rings. The van der Waals surface area contributed by atoms with Crippen molar-refractivity contribution in [3.63, 3.8) is 0 Å². The molecule has 0 saturated carbocycles. The van der Waals surface area contributed by atoms with Crippen molar-refractivity contribution in [1.29, 1.82) is 0 Å². The Balaban J connectivity index is 2.17. The van der Waals surface area contributed by atoms with Crippen molar-refractivity contribution in [3.05, 3.63) is 23.8 Å². The van der Waals surface area contributed by atoms with Gasteiger partial charge in [-0.3, -0.25) is 0 Å². The Morgan fingerprint density at radius 1 is 1.40 bits per heavy atom. The van der Waals surface area contributed by atoms with Gasteiger partial charge >= 0.3 is 0 Å². The van der Waals surface area contributed by atoms with Crippen LogP contribution >= 0.6 is 0 Å². The predicted octanol–water partition coefficient (Wildman–Crippen LogP) is -0.129. The number of nitrogens with zero attached hydrogens (tertiary/aromatic N) is 2. The molecular formula is C9H12N2O3S. The van der Waals surface area contributed by atoms with Crippen LogP contribution in [0, 0.1) is 0 Å². The zero-order valence-electron chi connectivity index (χ0n) is 8.13. The molecule has 0 bridgehead atoms. The fourth-order valence-electron chi connectivity index (χ4n) is 1.66. The van der Waals surface area contributed by atoms with E-state index < -0.39 is 9.84 Å². The smallest absolute Gasteiger partial charge is 0.151 e. The lowest BCUT2D eigenvalue weighted by atomic mass is 10.1. The first kappa shape index (κ1) is 10.5. The van der Waals surface area contributed by atoms with Gasteiger partial charge in [0.25, 0.3) is 0 Å². The van der Waals surface area contributed by atoms with E-state index in [1.54, 1.807) is 0 Å². The maximum atomic E-state index is 11.2. The normalized spacial score (nSPS) is 24.2. The third-order valence-corrected chi connectivity index (χ3v) is 4.27. The average Bonchev–Trinajstić information content (AvgIpc) is 2.59. The Kier molecular flexibility index (Phi) is 2.70. The van der Waals surface area contributed by atoms with Crippen molar-refractivity contribution in [2.45, 2.75) is 18.9 Å². The second-order valence-corrected chi connectivity index (χ2v) is 5.94. The van der Waals surface area contributed by atoms with Gasteiger partial charge in [0.15, 0.2) is 9.84 Å². The maximum Gasteiger partial charge on any atom is 0.151 e. The average molecular weight is 228 g/mol. The van der Waals surface area contributed by atoms with Crippen LogP contribution in [-0.2, 0) is 16.4 Å². The molecule has 1 aromatic heterocycles. The molecule has 1 aliphatic heterocycles. The quantitative estimate of drug-likeness (QED) is 0.762. The number of rotatable bonds is 2. The number of aliphatic hydroxyl groups excluding tert-OH is 1. The number of hydrogen-bond donors (Lipinski definition) is 1. The molecule has 1 N–H and O–H groups in total. The first-order valence-corrected chi connectivity index (χ1v) is 6.55. The Hall–Kier alpha value is -1.01. The molecule has 0 amide bonds. The van der Waals surface area contributed by atoms with Crippen LogP contribution < -0.4 is 0 Å². The summed E-state index contributed by atoms with van der Waals surface area (Å²) in [6, 6.07) is 0. The van der Waals surface area contributed by atoms with Gasteiger partial charge in [0, 0.05) is 23.9 Å². The second kappa shape index (κ2) is 3.86. The van der Waals surface area contributed by atoms with E-state index in [0.717, 1.165) is 0 Å². The summed E-state index contributed by atoms with van der Waals surface area (Å²) in [5, 5.41) is 8.80. The molecule has 1 fully saturated rings. The molecule has 0 radical (unpaired) electrons. The topological polar surface area (TPSA) is 80.2 Å². The number of aromatic nitrogens is 2. The van der Waals surface area contributed by atoms with Gasteiger partial charge in [0.05, 0.1) is 18.1 Å². The molecule has 0 spiro atoms. The third-order valence-electron chi connectivity index (χ3n) is 2.51. The van der Waals surface area contributed by atoms with Gasteiger partial charge in [0.2, 0.25) is 0 Å². The van der Waals surface area contributed by atoms with Crippen molar-refractivity contribution in [2.24, 2.45) is 0 Å². The molecular weight excluding hydrogens is 216 g/mol. The van der Waals surface area contributed by atoms with Gasteiger partial charge in [-0.1, -0.05) is 0 Å². The first-order valence-electron chi connectivity index (χ1n) is 4.73. The molecule has 1 unspecified atom stereocenters. The van der Waals surface area contributed by atoms with E-state index in [1.165, 1.54) is 12.4 Å². The zero-order valence-corrected chi connectivity index (χ0v) is 8.94. The zero-order chi connectivity index (χ0) is 10.9. The first-order chi connectivity index (χ1) is 7.11.